The van der Waals surface area contributed by atoms with Crippen molar-refractivity contribution in [3.63, 3.8) is 0 Å². The highest BCUT2D eigenvalue weighted by Gasteiger charge is 2.19. The summed E-state index contributed by atoms with van der Waals surface area (Å²) in [7, 11) is 0. The van der Waals surface area contributed by atoms with Gasteiger partial charge in [-0.2, -0.15) is 0 Å². The van der Waals surface area contributed by atoms with Gasteiger partial charge in [0, 0.05) is 31.9 Å². The number of halogens is 2. The van der Waals surface area contributed by atoms with Crippen LogP contribution in [0.1, 0.15) is 19.3 Å². The Bertz CT molecular complexity index is 426. The van der Waals surface area contributed by atoms with E-state index in [4.69, 9.17) is 0 Å². The molecule has 0 saturated carbocycles. The number of nitrogens with one attached hydrogen (secondary N) is 1. The summed E-state index contributed by atoms with van der Waals surface area (Å²) in [4.78, 5) is 4.94. The van der Waals surface area contributed by atoms with Gasteiger partial charge in [-0.1, -0.05) is 0 Å². The van der Waals surface area contributed by atoms with Crippen LogP contribution >= 0.6 is 12.4 Å². The van der Waals surface area contributed by atoms with Crippen molar-refractivity contribution >= 4 is 18.1 Å². The topological polar surface area (TPSA) is 18.5 Å². The van der Waals surface area contributed by atoms with Crippen molar-refractivity contribution in [2.45, 2.75) is 19.3 Å². The number of hydrogen-bond donors (Lipinski definition) is 1. The Morgan fingerprint density at radius 2 is 1.82 bits per heavy atom. The van der Waals surface area contributed by atoms with Gasteiger partial charge in [-0.15, -0.1) is 12.4 Å². The molecule has 0 spiro atoms. The van der Waals surface area contributed by atoms with Gasteiger partial charge in [0.25, 0.3) is 0 Å². The summed E-state index contributed by atoms with van der Waals surface area (Å²) < 4.78 is 13.0. The third-order valence-electron chi connectivity index (χ3n) is 4.82. The molecule has 2 saturated heterocycles. The first kappa shape index (κ1) is 17.5. The van der Waals surface area contributed by atoms with E-state index in [1.165, 1.54) is 38.9 Å². The predicted molar refractivity (Wildman–Crippen MR) is 92.5 cm³/mol. The fourth-order valence-corrected chi connectivity index (χ4v) is 3.42. The number of rotatable bonds is 4. The van der Waals surface area contributed by atoms with E-state index in [0.717, 1.165) is 37.8 Å². The fraction of sp³-hybridized carbons (Fsp3) is 0.647. The van der Waals surface area contributed by atoms with Crippen LogP contribution in [0.25, 0.3) is 0 Å². The molecule has 0 radical (unpaired) electrons. The second-order valence-electron chi connectivity index (χ2n) is 6.31. The maximum Gasteiger partial charge on any atom is 0.123 e. The molecule has 22 heavy (non-hydrogen) atoms. The molecule has 1 aromatic carbocycles. The van der Waals surface area contributed by atoms with Crippen molar-refractivity contribution in [1.82, 2.24) is 10.2 Å². The molecular weight excluding hydrogens is 301 g/mol. The van der Waals surface area contributed by atoms with Crippen LogP contribution in [0.15, 0.2) is 24.3 Å². The Morgan fingerprint density at radius 1 is 1.09 bits per heavy atom. The lowest BCUT2D eigenvalue weighted by Gasteiger charge is -2.37. The zero-order chi connectivity index (χ0) is 14.5. The molecule has 3 nitrogen and oxygen atoms in total. The first-order valence-electron chi connectivity index (χ1n) is 8.25. The summed E-state index contributed by atoms with van der Waals surface area (Å²) in [5.41, 5.74) is 1.15. The quantitative estimate of drug-likeness (QED) is 0.917. The summed E-state index contributed by atoms with van der Waals surface area (Å²) in [6, 6.07) is 6.88. The SMILES string of the molecule is Cl.Fc1ccc(N2CCN(CCC3CCCNC3)CC2)cc1. The normalized spacial score (nSPS) is 23.1. The van der Waals surface area contributed by atoms with E-state index in [1.54, 1.807) is 12.1 Å². The highest BCUT2D eigenvalue weighted by molar-refractivity contribution is 5.85. The lowest BCUT2D eigenvalue weighted by molar-refractivity contribution is 0.226. The molecule has 2 heterocycles. The second kappa shape index (κ2) is 8.70. The molecule has 2 aliphatic heterocycles. The Morgan fingerprint density at radius 3 is 2.45 bits per heavy atom. The van der Waals surface area contributed by atoms with Crippen molar-refractivity contribution in [2.24, 2.45) is 5.92 Å². The van der Waals surface area contributed by atoms with Crippen LogP contribution in [0.3, 0.4) is 0 Å². The minimum atomic E-state index is -0.154. The van der Waals surface area contributed by atoms with Crippen molar-refractivity contribution < 1.29 is 4.39 Å². The number of piperidine rings is 1. The Hall–Kier alpha value is -0.840. The van der Waals surface area contributed by atoms with Crippen LogP contribution in [0.2, 0.25) is 0 Å². The van der Waals surface area contributed by atoms with E-state index in [1.807, 2.05) is 12.1 Å². The lowest BCUT2D eigenvalue weighted by Crippen LogP contribution is -2.47. The average Bonchev–Trinajstić information content (AvgIpc) is 2.55. The third-order valence-corrected chi connectivity index (χ3v) is 4.82. The van der Waals surface area contributed by atoms with Crippen LogP contribution in [0, 0.1) is 11.7 Å². The molecule has 0 aliphatic carbocycles. The molecule has 1 aromatic rings. The summed E-state index contributed by atoms with van der Waals surface area (Å²) in [6.45, 7) is 7.98. The van der Waals surface area contributed by atoms with E-state index in [0.29, 0.717) is 0 Å². The molecule has 2 aliphatic rings. The molecule has 5 heteroatoms. The van der Waals surface area contributed by atoms with Gasteiger partial charge < -0.3 is 10.2 Å². The Kier molecular flexibility index (Phi) is 6.93. The highest BCUT2D eigenvalue weighted by atomic mass is 35.5. The summed E-state index contributed by atoms with van der Waals surface area (Å²) in [5.74, 6) is 0.715. The van der Waals surface area contributed by atoms with Gasteiger partial charge in [0.05, 0.1) is 0 Å². The van der Waals surface area contributed by atoms with Crippen LogP contribution in [-0.4, -0.2) is 50.7 Å². The van der Waals surface area contributed by atoms with Gasteiger partial charge in [-0.05, 0) is 69.1 Å². The Balaban J connectivity index is 0.00000176. The number of anilines is 1. The molecular formula is C17H27ClFN3. The molecule has 1 atom stereocenters. The van der Waals surface area contributed by atoms with Gasteiger partial charge in [0.2, 0.25) is 0 Å². The van der Waals surface area contributed by atoms with Crippen LogP contribution < -0.4 is 10.2 Å². The van der Waals surface area contributed by atoms with E-state index < -0.39 is 0 Å². The van der Waals surface area contributed by atoms with Gasteiger partial charge in [0.1, 0.15) is 5.82 Å². The van der Waals surface area contributed by atoms with Gasteiger partial charge in [-0.3, -0.25) is 4.90 Å². The molecule has 3 rings (SSSR count). The zero-order valence-electron chi connectivity index (χ0n) is 13.1. The maximum atomic E-state index is 13.0. The van der Waals surface area contributed by atoms with Crippen LogP contribution in [-0.2, 0) is 0 Å². The Labute approximate surface area is 139 Å². The lowest BCUT2D eigenvalue weighted by atomic mass is 9.96. The minimum absolute atomic E-state index is 0. The first-order valence-corrected chi connectivity index (χ1v) is 8.25. The van der Waals surface area contributed by atoms with Gasteiger partial charge >= 0.3 is 0 Å². The van der Waals surface area contributed by atoms with Crippen LogP contribution in [0.5, 0.6) is 0 Å². The standard InChI is InChI=1S/C17H26FN3.ClH/c18-16-3-5-17(6-4-16)21-12-10-20(11-13-21)9-7-15-2-1-8-19-14-15;/h3-6,15,19H,1-2,7-14H2;1H. The van der Waals surface area contributed by atoms with Crippen molar-refractivity contribution in [2.75, 3.05) is 50.7 Å². The number of piperazine rings is 1. The van der Waals surface area contributed by atoms with E-state index >= 15 is 0 Å². The number of benzene rings is 1. The molecule has 124 valence electrons. The van der Waals surface area contributed by atoms with Gasteiger partial charge in [-0.25, -0.2) is 4.39 Å². The van der Waals surface area contributed by atoms with E-state index in [2.05, 4.69) is 15.1 Å². The largest absolute Gasteiger partial charge is 0.369 e. The summed E-state index contributed by atoms with van der Waals surface area (Å²) in [6.07, 6.45) is 4.05. The zero-order valence-corrected chi connectivity index (χ0v) is 14.0. The summed E-state index contributed by atoms with van der Waals surface area (Å²) in [5, 5.41) is 3.50. The molecule has 0 bridgehead atoms. The van der Waals surface area contributed by atoms with Crippen LogP contribution in [0.4, 0.5) is 10.1 Å². The molecule has 1 unspecified atom stereocenters. The second-order valence-corrected chi connectivity index (χ2v) is 6.31. The van der Waals surface area contributed by atoms with Crippen molar-refractivity contribution in [3.8, 4) is 0 Å². The van der Waals surface area contributed by atoms with Crippen molar-refractivity contribution in [1.29, 1.82) is 0 Å². The third kappa shape index (κ3) is 4.83. The first-order chi connectivity index (χ1) is 10.3. The number of hydrogen-bond acceptors (Lipinski definition) is 3. The average molecular weight is 328 g/mol. The fourth-order valence-electron chi connectivity index (χ4n) is 3.42. The predicted octanol–water partition coefficient (Wildman–Crippen LogP) is 2.76. The van der Waals surface area contributed by atoms with Crippen molar-refractivity contribution in [3.05, 3.63) is 30.1 Å². The minimum Gasteiger partial charge on any atom is -0.369 e. The molecule has 0 aromatic heterocycles. The van der Waals surface area contributed by atoms with E-state index in [-0.39, 0.29) is 18.2 Å². The molecule has 1 N–H and O–H groups in total. The smallest absolute Gasteiger partial charge is 0.123 e. The number of nitrogens with zero attached hydrogens (tertiary/aromatic N) is 2. The summed E-state index contributed by atoms with van der Waals surface area (Å²) >= 11 is 0. The van der Waals surface area contributed by atoms with Gasteiger partial charge in [0.15, 0.2) is 0 Å². The maximum absolute atomic E-state index is 13.0. The molecule has 0 amide bonds. The molecule has 2 fully saturated rings. The highest BCUT2D eigenvalue weighted by Crippen LogP contribution is 2.18. The monoisotopic (exact) mass is 327 g/mol. The van der Waals surface area contributed by atoms with E-state index in [9.17, 15) is 4.39 Å².